The zero-order valence-corrected chi connectivity index (χ0v) is 15.0. The Hall–Kier alpha value is -2.58. The summed E-state index contributed by atoms with van der Waals surface area (Å²) < 4.78 is 16.5. The number of methoxy groups -OCH3 is 2. The van der Waals surface area contributed by atoms with Gasteiger partial charge in [-0.15, -0.1) is 0 Å². The minimum absolute atomic E-state index is 0.274. The first-order chi connectivity index (χ1) is 12.0. The number of fused-ring (bicyclic) bond motifs is 1. The number of benzene rings is 2. The molecule has 0 aliphatic carbocycles. The van der Waals surface area contributed by atoms with Crippen molar-refractivity contribution in [2.75, 3.05) is 14.2 Å². The molecule has 1 aliphatic rings. The van der Waals surface area contributed by atoms with Crippen molar-refractivity contribution >= 4 is 27.8 Å². The number of carbonyl (C=O) groups excluding carboxylic acids is 2. The zero-order valence-electron chi connectivity index (χ0n) is 13.5. The van der Waals surface area contributed by atoms with E-state index in [9.17, 15) is 9.59 Å². The molecule has 0 fully saturated rings. The van der Waals surface area contributed by atoms with E-state index in [1.54, 1.807) is 30.3 Å². The minimum Gasteiger partial charge on any atom is -0.493 e. The molecule has 0 saturated heterocycles. The lowest BCUT2D eigenvalue weighted by Gasteiger charge is -2.14. The van der Waals surface area contributed by atoms with Gasteiger partial charge < -0.3 is 14.2 Å². The fourth-order valence-corrected chi connectivity index (χ4v) is 2.94. The lowest BCUT2D eigenvalue weighted by molar-refractivity contribution is 0.0260. The van der Waals surface area contributed by atoms with E-state index >= 15 is 0 Å². The molecule has 1 aliphatic heterocycles. The Morgan fingerprint density at radius 2 is 2.00 bits per heavy atom. The first-order valence-corrected chi connectivity index (χ1v) is 8.11. The number of nitrogens with one attached hydrogen (secondary N) is 2. The summed E-state index contributed by atoms with van der Waals surface area (Å²) in [6.07, 6.45) is -0.821. The van der Waals surface area contributed by atoms with E-state index in [0.717, 1.165) is 4.47 Å². The fourth-order valence-electron chi connectivity index (χ4n) is 2.54. The Morgan fingerprint density at radius 3 is 2.68 bits per heavy atom. The van der Waals surface area contributed by atoms with Gasteiger partial charge in [-0.3, -0.25) is 10.2 Å². The predicted molar refractivity (Wildman–Crippen MR) is 92.4 cm³/mol. The van der Waals surface area contributed by atoms with Gasteiger partial charge in [-0.2, -0.15) is 5.43 Å². The molecule has 0 saturated carbocycles. The van der Waals surface area contributed by atoms with Gasteiger partial charge >= 0.3 is 5.97 Å². The number of carbonyl (C=O) groups is 2. The van der Waals surface area contributed by atoms with Crippen molar-refractivity contribution < 1.29 is 23.8 Å². The summed E-state index contributed by atoms with van der Waals surface area (Å²) in [6, 6.07) is 10.3. The topological polar surface area (TPSA) is 85.9 Å². The van der Waals surface area contributed by atoms with E-state index in [2.05, 4.69) is 26.8 Å². The van der Waals surface area contributed by atoms with Gasteiger partial charge in [-0.05, 0) is 30.3 Å². The van der Waals surface area contributed by atoms with Crippen LogP contribution in [0.5, 0.6) is 11.5 Å². The van der Waals surface area contributed by atoms with Crippen LogP contribution in [0.2, 0.25) is 0 Å². The van der Waals surface area contributed by atoms with Crippen LogP contribution in [-0.4, -0.2) is 26.1 Å². The number of cyclic esters (lactones) is 1. The van der Waals surface area contributed by atoms with Gasteiger partial charge in [0.2, 0.25) is 0 Å². The molecule has 8 heteroatoms. The summed E-state index contributed by atoms with van der Waals surface area (Å²) in [4.78, 5) is 24.4. The van der Waals surface area contributed by atoms with Gasteiger partial charge in [0, 0.05) is 15.6 Å². The summed E-state index contributed by atoms with van der Waals surface area (Å²) in [5.41, 5.74) is 6.54. The van der Waals surface area contributed by atoms with E-state index in [0.29, 0.717) is 22.6 Å². The van der Waals surface area contributed by atoms with Gasteiger partial charge in [0.15, 0.2) is 17.7 Å². The lowest BCUT2D eigenvalue weighted by atomic mass is 10.1. The van der Waals surface area contributed by atoms with Crippen LogP contribution in [0.3, 0.4) is 0 Å². The first-order valence-electron chi connectivity index (χ1n) is 7.32. The molecule has 2 aromatic carbocycles. The maximum absolute atomic E-state index is 12.2. The second-order valence-corrected chi connectivity index (χ2v) is 6.08. The SMILES string of the molecule is COc1ccc2c(c1OC)C(=O)O[C@@H]2NNC(=O)c1cccc(Br)c1. The Labute approximate surface area is 152 Å². The summed E-state index contributed by atoms with van der Waals surface area (Å²) in [7, 11) is 2.93. The number of rotatable bonds is 5. The standard InChI is InChI=1S/C17H15BrN2O5/c1-23-12-7-6-11-13(14(12)24-2)17(22)25-16(11)20-19-15(21)9-4-3-5-10(18)8-9/h3-8,16,20H,1-2H3,(H,19,21)/t16-/m0/s1. The number of halogens is 1. The van der Waals surface area contributed by atoms with E-state index in [1.807, 2.05) is 6.07 Å². The lowest BCUT2D eigenvalue weighted by Crippen LogP contribution is -2.40. The van der Waals surface area contributed by atoms with Crippen molar-refractivity contribution in [3.8, 4) is 11.5 Å². The molecule has 2 aromatic rings. The van der Waals surface area contributed by atoms with Gasteiger partial charge in [-0.1, -0.05) is 22.0 Å². The van der Waals surface area contributed by atoms with E-state index in [-0.39, 0.29) is 11.5 Å². The molecule has 25 heavy (non-hydrogen) atoms. The Bertz CT molecular complexity index is 840. The molecule has 7 nitrogen and oxygen atoms in total. The largest absolute Gasteiger partial charge is 0.493 e. The number of hydrazine groups is 1. The van der Waals surface area contributed by atoms with Crippen molar-refractivity contribution in [2.24, 2.45) is 0 Å². The van der Waals surface area contributed by atoms with Crippen molar-refractivity contribution in [3.05, 3.63) is 57.6 Å². The predicted octanol–water partition coefficient (Wildman–Crippen LogP) is 2.57. The molecule has 0 unspecified atom stereocenters. The smallest absolute Gasteiger partial charge is 0.344 e. The highest BCUT2D eigenvalue weighted by molar-refractivity contribution is 9.10. The molecule has 0 bridgehead atoms. The minimum atomic E-state index is -0.821. The Kier molecular flexibility index (Phi) is 4.91. The summed E-state index contributed by atoms with van der Waals surface area (Å²) >= 11 is 3.31. The van der Waals surface area contributed by atoms with Crippen LogP contribution in [0.4, 0.5) is 0 Å². The van der Waals surface area contributed by atoms with Gasteiger partial charge in [0.25, 0.3) is 5.91 Å². The quantitative estimate of drug-likeness (QED) is 0.586. The first kappa shape index (κ1) is 17.2. The van der Waals surface area contributed by atoms with E-state index in [4.69, 9.17) is 14.2 Å². The van der Waals surface area contributed by atoms with Gasteiger partial charge in [0.1, 0.15) is 5.56 Å². The molecule has 2 N–H and O–H groups in total. The molecule has 0 radical (unpaired) electrons. The third-order valence-electron chi connectivity index (χ3n) is 3.69. The van der Waals surface area contributed by atoms with Crippen LogP contribution in [0, 0.1) is 0 Å². The third-order valence-corrected chi connectivity index (χ3v) is 4.19. The second-order valence-electron chi connectivity index (χ2n) is 5.16. The van der Waals surface area contributed by atoms with Crippen molar-refractivity contribution in [1.29, 1.82) is 0 Å². The highest BCUT2D eigenvalue weighted by Crippen LogP contribution is 2.40. The van der Waals surface area contributed by atoms with Crippen LogP contribution < -0.4 is 20.3 Å². The zero-order chi connectivity index (χ0) is 18.0. The van der Waals surface area contributed by atoms with Crippen molar-refractivity contribution in [2.45, 2.75) is 6.23 Å². The highest BCUT2D eigenvalue weighted by atomic mass is 79.9. The fraction of sp³-hybridized carbons (Fsp3) is 0.176. The average molecular weight is 407 g/mol. The Balaban J connectivity index is 1.78. The molecule has 1 atom stereocenters. The maximum atomic E-state index is 12.2. The molecule has 0 spiro atoms. The van der Waals surface area contributed by atoms with E-state index < -0.39 is 12.2 Å². The highest BCUT2D eigenvalue weighted by Gasteiger charge is 2.36. The maximum Gasteiger partial charge on any atom is 0.344 e. The monoisotopic (exact) mass is 406 g/mol. The third kappa shape index (κ3) is 3.31. The average Bonchev–Trinajstić information content (AvgIpc) is 2.94. The summed E-state index contributed by atoms with van der Waals surface area (Å²) in [5.74, 6) is -0.184. The number of hydrogen-bond acceptors (Lipinski definition) is 6. The van der Waals surface area contributed by atoms with Gasteiger partial charge in [0.05, 0.1) is 14.2 Å². The molecule has 130 valence electrons. The van der Waals surface area contributed by atoms with Crippen LogP contribution in [-0.2, 0) is 4.74 Å². The van der Waals surface area contributed by atoms with Crippen molar-refractivity contribution in [3.63, 3.8) is 0 Å². The molecule has 0 aromatic heterocycles. The summed E-state index contributed by atoms with van der Waals surface area (Å²) in [6.45, 7) is 0. The normalized spacial score (nSPS) is 15.3. The Morgan fingerprint density at radius 1 is 1.20 bits per heavy atom. The molecule has 1 heterocycles. The van der Waals surface area contributed by atoms with Crippen LogP contribution in [0.15, 0.2) is 40.9 Å². The number of ether oxygens (including phenoxy) is 3. The van der Waals surface area contributed by atoms with Crippen LogP contribution in [0.1, 0.15) is 32.5 Å². The van der Waals surface area contributed by atoms with Crippen molar-refractivity contribution in [1.82, 2.24) is 10.9 Å². The van der Waals surface area contributed by atoms with Crippen LogP contribution >= 0.6 is 15.9 Å². The number of amides is 1. The second kappa shape index (κ2) is 7.12. The van der Waals surface area contributed by atoms with Crippen LogP contribution in [0.25, 0.3) is 0 Å². The molecular formula is C17H15BrN2O5. The number of esters is 1. The summed E-state index contributed by atoms with van der Waals surface area (Å²) in [5, 5.41) is 0. The number of hydrogen-bond donors (Lipinski definition) is 2. The van der Waals surface area contributed by atoms with E-state index in [1.165, 1.54) is 14.2 Å². The molecule has 3 rings (SSSR count). The molecular weight excluding hydrogens is 392 g/mol. The molecule has 1 amide bonds. The van der Waals surface area contributed by atoms with Gasteiger partial charge in [-0.25, -0.2) is 4.79 Å².